The van der Waals surface area contributed by atoms with Crippen molar-refractivity contribution in [1.29, 1.82) is 0 Å². The van der Waals surface area contributed by atoms with Gasteiger partial charge >= 0.3 is 0 Å². The minimum absolute atomic E-state index is 0.193. The maximum absolute atomic E-state index is 6.28. The van der Waals surface area contributed by atoms with Crippen LogP contribution in [-0.4, -0.2) is 30.3 Å². The van der Waals surface area contributed by atoms with Gasteiger partial charge in [-0.1, -0.05) is 11.6 Å². The van der Waals surface area contributed by atoms with Crippen LogP contribution in [0.5, 0.6) is 0 Å². The third-order valence-electron chi connectivity index (χ3n) is 4.45. The lowest BCUT2D eigenvalue weighted by Crippen LogP contribution is -2.43. The number of allylic oxidation sites excluding steroid dienone is 2. The lowest BCUT2D eigenvalue weighted by Gasteiger charge is -2.36. The molecule has 1 saturated heterocycles. The average Bonchev–Trinajstić information content (AvgIpc) is 2.94. The molecule has 4 N–H and O–H groups in total. The molecule has 3 aliphatic rings. The third kappa shape index (κ3) is 2.77. The number of hydrogen-bond donors (Lipinski definition) is 2. The molecule has 1 aromatic heterocycles. The second-order valence-corrected chi connectivity index (χ2v) is 6.68. The van der Waals surface area contributed by atoms with Gasteiger partial charge in [0.15, 0.2) is 6.23 Å². The van der Waals surface area contributed by atoms with E-state index in [0.717, 1.165) is 43.0 Å². The summed E-state index contributed by atoms with van der Waals surface area (Å²) in [5.74, 6) is 0.681. The first-order valence-electron chi connectivity index (χ1n) is 8.09. The van der Waals surface area contributed by atoms with Gasteiger partial charge in [0.25, 0.3) is 0 Å². The maximum Gasteiger partial charge on any atom is 0.169 e. The van der Waals surface area contributed by atoms with Gasteiger partial charge in [0.1, 0.15) is 5.76 Å². The number of piperidine rings is 1. The Kier molecular flexibility index (Phi) is 3.96. The zero-order valence-electron chi connectivity index (χ0n) is 13.2. The van der Waals surface area contributed by atoms with Crippen molar-refractivity contribution in [3.63, 3.8) is 0 Å². The van der Waals surface area contributed by atoms with Gasteiger partial charge in [0, 0.05) is 37.6 Å². The Hall–Kier alpha value is -2.02. The quantitative estimate of drug-likeness (QED) is 0.853. The van der Waals surface area contributed by atoms with E-state index in [1.807, 2.05) is 29.4 Å². The lowest BCUT2D eigenvalue weighted by atomic mass is 10.1. The van der Waals surface area contributed by atoms with Crippen molar-refractivity contribution in [3.05, 3.63) is 53.3 Å². The molecular weight excluding hydrogens is 326 g/mol. The highest BCUT2D eigenvalue weighted by molar-refractivity contribution is 6.31. The van der Waals surface area contributed by atoms with Gasteiger partial charge < -0.3 is 20.3 Å². The largest absolute Gasteiger partial charge is 0.470 e. The molecule has 1 aromatic rings. The highest BCUT2D eigenvalue weighted by Gasteiger charge is 2.30. The lowest BCUT2D eigenvalue weighted by molar-refractivity contribution is 0.186. The van der Waals surface area contributed by atoms with Crippen molar-refractivity contribution in [2.24, 2.45) is 11.5 Å². The summed E-state index contributed by atoms with van der Waals surface area (Å²) >= 11 is 6.28. The second-order valence-electron chi connectivity index (χ2n) is 6.24. The summed E-state index contributed by atoms with van der Waals surface area (Å²) in [7, 11) is 0. The monoisotopic (exact) mass is 345 g/mol. The van der Waals surface area contributed by atoms with E-state index in [-0.39, 0.29) is 6.04 Å². The van der Waals surface area contributed by atoms with Gasteiger partial charge in [-0.05, 0) is 25.0 Å². The molecular formula is C17H20ClN5O. The zero-order valence-corrected chi connectivity index (χ0v) is 14.0. The third-order valence-corrected chi connectivity index (χ3v) is 4.66. The van der Waals surface area contributed by atoms with Crippen molar-refractivity contribution in [3.8, 4) is 0 Å². The van der Waals surface area contributed by atoms with Crippen LogP contribution in [-0.2, 0) is 4.74 Å². The first kappa shape index (κ1) is 15.5. The van der Waals surface area contributed by atoms with E-state index in [9.17, 15) is 0 Å². The molecule has 0 aliphatic carbocycles. The van der Waals surface area contributed by atoms with Gasteiger partial charge in [0.2, 0.25) is 0 Å². The number of pyridine rings is 1. The number of aromatic nitrogens is 1. The zero-order chi connectivity index (χ0) is 16.7. The molecule has 6 nitrogen and oxygen atoms in total. The molecule has 0 aromatic carbocycles. The molecule has 4 heterocycles. The molecule has 0 amide bonds. The van der Waals surface area contributed by atoms with Gasteiger partial charge in [-0.15, -0.1) is 0 Å². The Morgan fingerprint density at radius 3 is 3.00 bits per heavy atom. The topological polar surface area (TPSA) is 80.6 Å². The summed E-state index contributed by atoms with van der Waals surface area (Å²) in [6.45, 7) is 1.81. The van der Waals surface area contributed by atoms with Crippen molar-refractivity contribution in [2.45, 2.75) is 25.1 Å². The number of hydrogen-bond acceptors (Lipinski definition) is 6. The molecule has 1 fully saturated rings. The van der Waals surface area contributed by atoms with Crippen LogP contribution in [0, 0.1) is 0 Å². The Labute approximate surface area is 146 Å². The van der Waals surface area contributed by atoms with Crippen LogP contribution in [0.3, 0.4) is 0 Å². The number of nitrogens with zero attached hydrogens (tertiary/aromatic N) is 3. The van der Waals surface area contributed by atoms with Gasteiger partial charge in [-0.3, -0.25) is 10.7 Å². The van der Waals surface area contributed by atoms with E-state index in [1.54, 1.807) is 12.3 Å². The van der Waals surface area contributed by atoms with Crippen LogP contribution < -0.4 is 21.3 Å². The first-order valence-corrected chi connectivity index (χ1v) is 8.47. The smallest absolute Gasteiger partial charge is 0.169 e. The van der Waals surface area contributed by atoms with Crippen molar-refractivity contribution in [2.75, 3.05) is 22.9 Å². The van der Waals surface area contributed by atoms with E-state index in [2.05, 4.69) is 9.88 Å². The Morgan fingerprint density at radius 2 is 2.17 bits per heavy atom. The first-order chi connectivity index (χ1) is 11.6. The average molecular weight is 346 g/mol. The summed E-state index contributed by atoms with van der Waals surface area (Å²) < 4.78 is 5.62. The molecule has 3 aliphatic heterocycles. The minimum Gasteiger partial charge on any atom is -0.470 e. The SMILES string of the molecule is NC1C=C2C(=CC(Cl)=CN2c2cnccc2N2CCC[C@@H](N)C2)O1. The van der Waals surface area contributed by atoms with Gasteiger partial charge in [-0.2, -0.15) is 0 Å². The standard InChI is InChI=1S/C17H20ClN5O/c18-11-6-16-14(7-17(20)24-16)23(9-11)15-8-21-4-3-13(15)22-5-1-2-12(19)10-22/h3-4,6-9,12,17H,1-2,5,10,19-20H2/t12-,17?/m1/s1. The number of ether oxygens (including phenoxy) is 1. The summed E-state index contributed by atoms with van der Waals surface area (Å²) in [4.78, 5) is 8.60. The molecule has 7 heteroatoms. The summed E-state index contributed by atoms with van der Waals surface area (Å²) in [5, 5.41) is 0.585. The number of anilines is 2. The van der Waals surface area contributed by atoms with Crippen molar-refractivity contribution in [1.82, 2.24) is 4.98 Å². The number of nitrogens with two attached hydrogens (primary N) is 2. The van der Waals surface area contributed by atoms with Crippen molar-refractivity contribution >= 4 is 23.0 Å². The van der Waals surface area contributed by atoms with Crippen LogP contribution in [0.1, 0.15) is 12.8 Å². The van der Waals surface area contributed by atoms with Crippen LogP contribution in [0.4, 0.5) is 11.4 Å². The van der Waals surface area contributed by atoms with Crippen molar-refractivity contribution < 1.29 is 4.74 Å². The highest BCUT2D eigenvalue weighted by Crippen LogP contribution is 2.39. The van der Waals surface area contributed by atoms with E-state index in [4.69, 9.17) is 27.8 Å². The summed E-state index contributed by atoms with van der Waals surface area (Å²) in [5.41, 5.74) is 15.0. The van der Waals surface area contributed by atoms with Crippen LogP contribution in [0.25, 0.3) is 0 Å². The highest BCUT2D eigenvalue weighted by atomic mass is 35.5. The molecule has 0 saturated carbocycles. The van der Waals surface area contributed by atoms with E-state index < -0.39 is 6.23 Å². The van der Waals surface area contributed by atoms with Crippen LogP contribution in [0.2, 0.25) is 0 Å². The molecule has 4 rings (SSSR count). The molecule has 0 radical (unpaired) electrons. The normalized spacial score (nSPS) is 26.4. The predicted molar refractivity (Wildman–Crippen MR) is 95.3 cm³/mol. The minimum atomic E-state index is -0.465. The number of rotatable bonds is 2. The predicted octanol–water partition coefficient (Wildman–Crippen LogP) is 1.99. The Balaban J connectivity index is 1.74. The molecule has 24 heavy (non-hydrogen) atoms. The molecule has 126 valence electrons. The van der Waals surface area contributed by atoms with E-state index in [0.29, 0.717) is 10.8 Å². The fraction of sp³-hybridized carbons (Fsp3) is 0.353. The van der Waals surface area contributed by atoms with E-state index in [1.165, 1.54) is 0 Å². The van der Waals surface area contributed by atoms with Crippen LogP contribution >= 0.6 is 11.6 Å². The molecule has 0 spiro atoms. The Bertz CT molecular complexity index is 744. The summed E-state index contributed by atoms with van der Waals surface area (Å²) in [6, 6.07) is 2.21. The maximum atomic E-state index is 6.28. The molecule has 0 bridgehead atoms. The van der Waals surface area contributed by atoms with Gasteiger partial charge in [-0.25, -0.2) is 0 Å². The number of halogens is 1. The molecule has 2 atom stereocenters. The fourth-order valence-corrected chi connectivity index (χ4v) is 3.60. The Morgan fingerprint density at radius 1 is 1.29 bits per heavy atom. The molecule has 1 unspecified atom stereocenters. The fourth-order valence-electron chi connectivity index (χ4n) is 3.40. The van der Waals surface area contributed by atoms with E-state index >= 15 is 0 Å². The van der Waals surface area contributed by atoms with Crippen LogP contribution in [0.15, 0.2) is 53.3 Å². The summed E-state index contributed by atoms with van der Waals surface area (Å²) in [6.07, 6.45) is 10.8. The number of fused-ring (bicyclic) bond motifs is 1. The second kappa shape index (κ2) is 6.12. The van der Waals surface area contributed by atoms with Gasteiger partial charge in [0.05, 0.1) is 28.3 Å².